The second-order valence-electron chi connectivity index (χ2n) is 4.03. The van der Waals surface area contributed by atoms with E-state index in [-0.39, 0.29) is 5.92 Å². The Labute approximate surface area is 105 Å². The number of anilines is 2. The molecule has 1 aliphatic rings. The molecule has 5 nitrogen and oxygen atoms in total. The number of nitrogens with one attached hydrogen (secondary N) is 1. The molecule has 0 spiro atoms. The number of sulfonamides is 1. The number of benzene rings is 1. The summed E-state index contributed by atoms with van der Waals surface area (Å²) < 4.78 is 24.6. The fourth-order valence-corrected chi connectivity index (χ4v) is 3.25. The van der Waals surface area contributed by atoms with Gasteiger partial charge in [-0.2, -0.15) is 0 Å². The Morgan fingerprint density at radius 2 is 2.29 bits per heavy atom. The molecule has 0 radical (unpaired) electrons. The zero-order chi connectivity index (χ0) is 12.6. The predicted molar refractivity (Wildman–Crippen MR) is 67.5 cm³/mol. The molecular formula is C10H13ClN2O3S. The van der Waals surface area contributed by atoms with E-state index in [4.69, 9.17) is 16.8 Å². The van der Waals surface area contributed by atoms with Gasteiger partial charge in [0, 0.05) is 18.3 Å². The standard InChI is InChI=1S/C10H13ClN2O3S/c1-17(15,16)13-6-7(5-11)9-3-2-8(12-14)4-10(9)13/h2-4,7,12,14H,5-6H2,1H3. The van der Waals surface area contributed by atoms with Crippen molar-refractivity contribution in [2.45, 2.75) is 5.92 Å². The molecule has 0 aromatic heterocycles. The van der Waals surface area contributed by atoms with Crippen molar-refractivity contribution in [1.82, 2.24) is 0 Å². The molecule has 0 aliphatic carbocycles. The summed E-state index contributed by atoms with van der Waals surface area (Å²) in [7, 11) is -3.32. The summed E-state index contributed by atoms with van der Waals surface area (Å²) in [4.78, 5) is 0. The first-order valence-electron chi connectivity index (χ1n) is 5.05. The van der Waals surface area contributed by atoms with Gasteiger partial charge in [-0.25, -0.2) is 8.42 Å². The van der Waals surface area contributed by atoms with Gasteiger partial charge in [0.1, 0.15) is 0 Å². The van der Waals surface area contributed by atoms with E-state index in [2.05, 4.69) is 0 Å². The summed E-state index contributed by atoms with van der Waals surface area (Å²) in [5, 5.41) is 8.84. The monoisotopic (exact) mass is 276 g/mol. The van der Waals surface area contributed by atoms with Crippen LogP contribution in [0.4, 0.5) is 11.4 Å². The van der Waals surface area contributed by atoms with Crippen molar-refractivity contribution in [3.63, 3.8) is 0 Å². The molecule has 17 heavy (non-hydrogen) atoms. The molecule has 1 unspecified atom stereocenters. The van der Waals surface area contributed by atoms with Gasteiger partial charge in [0.15, 0.2) is 0 Å². The maximum atomic E-state index is 11.7. The Kier molecular flexibility index (Phi) is 3.20. The first-order chi connectivity index (χ1) is 7.97. The fourth-order valence-electron chi connectivity index (χ4n) is 2.02. The van der Waals surface area contributed by atoms with Crippen molar-refractivity contribution < 1.29 is 13.6 Å². The summed E-state index contributed by atoms with van der Waals surface area (Å²) >= 11 is 5.84. The Hall–Kier alpha value is -0.980. The average Bonchev–Trinajstić information content (AvgIpc) is 2.66. The lowest BCUT2D eigenvalue weighted by Gasteiger charge is -2.17. The number of halogens is 1. The lowest BCUT2D eigenvalue weighted by Crippen LogP contribution is -2.28. The number of fused-ring (bicyclic) bond motifs is 1. The van der Waals surface area contributed by atoms with Crippen LogP contribution in [-0.2, 0) is 10.0 Å². The summed E-state index contributed by atoms with van der Waals surface area (Å²) in [6.45, 7) is 0.354. The Balaban J connectivity index is 2.53. The molecule has 2 rings (SSSR count). The van der Waals surface area contributed by atoms with Crippen molar-refractivity contribution in [3.05, 3.63) is 23.8 Å². The maximum Gasteiger partial charge on any atom is 0.232 e. The van der Waals surface area contributed by atoms with Crippen LogP contribution < -0.4 is 9.79 Å². The third kappa shape index (κ3) is 2.20. The van der Waals surface area contributed by atoms with Crippen LogP contribution in [0, 0.1) is 0 Å². The highest BCUT2D eigenvalue weighted by Gasteiger charge is 2.33. The maximum absolute atomic E-state index is 11.7. The van der Waals surface area contributed by atoms with Crippen molar-refractivity contribution in [2.24, 2.45) is 0 Å². The van der Waals surface area contributed by atoms with Gasteiger partial charge in [-0.3, -0.25) is 15.0 Å². The molecule has 0 saturated heterocycles. The lowest BCUT2D eigenvalue weighted by molar-refractivity contribution is 0.389. The Bertz CT molecular complexity index is 532. The van der Waals surface area contributed by atoms with Crippen LogP contribution in [0.5, 0.6) is 0 Å². The third-order valence-electron chi connectivity index (χ3n) is 2.84. The van der Waals surface area contributed by atoms with Crippen LogP contribution >= 0.6 is 11.6 Å². The van der Waals surface area contributed by atoms with E-state index < -0.39 is 10.0 Å². The number of alkyl halides is 1. The van der Waals surface area contributed by atoms with Crippen LogP contribution in [0.15, 0.2) is 18.2 Å². The highest BCUT2D eigenvalue weighted by atomic mass is 35.5. The summed E-state index contributed by atoms with van der Waals surface area (Å²) in [6, 6.07) is 5.07. The van der Waals surface area contributed by atoms with Crippen LogP contribution in [0.2, 0.25) is 0 Å². The molecule has 7 heteroatoms. The number of nitrogens with zero attached hydrogens (tertiary/aromatic N) is 1. The van der Waals surface area contributed by atoms with E-state index in [9.17, 15) is 8.42 Å². The smallest absolute Gasteiger partial charge is 0.232 e. The van der Waals surface area contributed by atoms with Gasteiger partial charge in [-0.05, 0) is 17.7 Å². The van der Waals surface area contributed by atoms with Crippen molar-refractivity contribution in [1.29, 1.82) is 0 Å². The quantitative estimate of drug-likeness (QED) is 0.650. The molecular weight excluding hydrogens is 264 g/mol. The Morgan fingerprint density at radius 3 is 2.82 bits per heavy atom. The van der Waals surface area contributed by atoms with E-state index in [1.807, 2.05) is 5.48 Å². The van der Waals surface area contributed by atoms with Gasteiger partial charge < -0.3 is 0 Å². The zero-order valence-corrected chi connectivity index (χ0v) is 10.8. The first kappa shape index (κ1) is 12.5. The van der Waals surface area contributed by atoms with Gasteiger partial charge in [0.25, 0.3) is 0 Å². The summed E-state index contributed by atoms with van der Waals surface area (Å²) in [5.41, 5.74) is 3.93. The van der Waals surface area contributed by atoms with Gasteiger partial charge in [0.05, 0.1) is 17.6 Å². The molecule has 1 aromatic rings. The van der Waals surface area contributed by atoms with E-state index >= 15 is 0 Å². The largest absolute Gasteiger partial charge is 0.291 e. The van der Waals surface area contributed by atoms with Gasteiger partial charge in [0.2, 0.25) is 10.0 Å². The van der Waals surface area contributed by atoms with Crippen LogP contribution in [-0.4, -0.2) is 32.3 Å². The van der Waals surface area contributed by atoms with E-state index in [1.165, 1.54) is 4.31 Å². The van der Waals surface area contributed by atoms with Gasteiger partial charge in [-0.15, -0.1) is 11.6 Å². The molecule has 2 N–H and O–H groups in total. The number of rotatable bonds is 3. The molecule has 1 heterocycles. The normalized spacial score (nSPS) is 19.2. The van der Waals surface area contributed by atoms with Gasteiger partial charge >= 0.3 is 0 Å². The van der Waals surface area contributed by atoms with E-state index in [1.54, 1.807) is 18.2 Å². The van der Waals surface area contributed by atoms with Crippen LogP contribution in [0.3, 0.4) is 0 Å². The van der Waals surface area contributed by atoms with Crippen molar-refractivity contribution >= 4 is 33.0 Å². The minimum atomic E-state index is -3.32. The minimum absolute atomic E-state index is 0.00543. The SMILES string of the molecule is CS(=O)(=O)N1CC(CCl)c2ccc(NO)cc21. The molecule has 0 saturated carbocycles. The van der Waals surface area contributed by atoms with E-state index in [0.717, 1.165) is 11.8 Å². The molecule has 1 aliphatic heterocycles. The zero-order valence-electron chi connectivity index (χ0n) is 9.22. The molecule has 1 atom stereocenters. The first-order valence-corrected chi connectivity index (χ1v) is 7.43. The number of hydrogen-bond donors (Lipinski definition) is 2. The topological polar surface area (TPSA) is 69.6 Å². The average molecular weight is 277 g/mol. The van der Waals surface area contributed by atoms with Crippen LogP contribution in [0.1, 0.15) is 11.5 Å². The third-order valence-corrected chi connectivity index (χ3v) is 4.36. The molecule has 0 fully saturated rings. The molecule has 94 valence electrons. The van der Waals surface area contributed by atoms with Crippen molar-refractivity contribution in [2.75, 3.05) is 28.5 Å². The molecule has 0 amide bonds. The Morgan fingerprint density at radius 1 is 1.59 bits per heavy atom. The molecule has 0 bridgehead atoms. The summed E-state index contributed by atoms with van der Waals surface area (Å²) in [6.07, 6.45) is 1.16. The minimum Gasteiger partial charge on any atom is -0.291 e. The van der Waals surface area contributed by atoms with Gasteiger partial charge in [-0.1, -0.05) is 6.07 Å². The second-order valence-corrected chi connectivity index (χ2v) is 6.25. The summed E-state index contributed by atoms with van der Waals surface area (Å²) in [5.74, 6) is 0.361. The number of hydrogen-bond acceptors (Lipinski definition) is 4. The lowest BCUT2D eigenvalue weighted by atomic mass is 10.0. The van der Waals surface area contributed by atoms with E-state index in [0.29, 0.717) is 23.8 Å². The predicted octanol–water partition coefficient (Wildman–Crippen LogP) is 1.59. The van der Waals surface area contributed by atoms with Crippen molar-refractivity contribution in [3.8, 4) is 0 Å². The fraction of sp³-hybridized carbons (Fsp3) is 0.400. The highest BCUT2D eigenvalue weighted by molar-refractivity contribution is 7.92. The highest BCUT2D eigenvalue weighted by Crippen LogP contribution is 2.39. The van der Waals surface area contributed by atoms with Crippen LogP contribution in [0.25, 0.3) is 0 Å². The second kappa shape index (κ2) is 4.36. The molecule has 1 aromatic carbocycles.